The second-order valence-corrected chi connectivity index (χ2v) is 4.19. The van der Waals surface area contributed by atoms with Crippen molar-refractivity contribution in [2.45, 2.75) is 13.8 Å². The van der Waals surface area contributed by atoms with E-state index >= 15 is 0 Å². The predicted octanol–water partition coefficient (Wildman–Crippen LogP) is 3.49. The van der Waals surface area contributed by atoms with Crippen molar-refractivity contribution >= 4 is 27.5 Å². The van der Waals surface area contributed by atoms with Crippen LogP contribution in [0, 0.1) is 5.82 Å². The van der Waals surface area contributed by atoms with Crippen LogP contribution in [0.4, 0.5) is 10.1 Å². The molecule has 0 saturated carbocycles. The molecule has 1 aromatic rings. The minimum absolute atomic E-state index is 0.263. The highest BCUT2D eigenvalue weighted by molar-refractivity contribution is 9.10. The highest BCUT2D eigenvalue weighted by atomic mass is 79.9. The van der Waals surface area contributed by atoms with Gasteiger partial charge < -0.3 is 5.32 Å². The average molecular weight is 272 g/mol. The first-order chi connectivity index (χ1) is 6.99. The van der Waals surface area contributed by atoms with Crippen molar-refractivity contribution in [3.63, 3.8) is 0 Å². The van der Waals surface area contributed by atoms with Gasteiger partial charge in [0, 0.05) is 10.5 Å². The molecule has 1 N–H and O–H groups in total. The molecule has 0 spiro atoms. The standard InChI is InChI=1S/C11H11BrFNO/c1-7(2)5-11(15)14-10-6-8(13)3-4-9(10)12/h3-6H,1-2H3,(H,14,15). The molecule has 4 heteroatoms. The number of hydrogen-bond donors (Lipinski definition) is 1. The van der Waals surface area contributed by atoms with Crippen LogP contribution in [-0.4, -0.2) is 5.91 Å². The van der Waals surface area contributed by atoms with Gasteiger partial charge in [-0.05, 0) is 48.0 Å². The lowest BCUT2D eigenvalue weighted by Crippen LogP contribution is -2.09. The molecular formula is C11H11BrFNO. The van der Waals surface area contributed by atoms with E-state index in [1.165, 1.54) is 18.2 Å². The van der Waals surface area contributed by atoms with E-state index in [0.717, 1.165) is 5.57 Å². The van der Waals surface area contributed by atoms with E-state index in [9.17, 15) is 9.18 Å². The van der Waals surface area contributed by atoms with E-state index in [-0.39, 0.29) is 11.7 Å². The smallest absolute Gasteiger partial charge is 0.248 e. The van der Waals surface area contributed by atoms with Crippen molar-refractivity contribution in [2.75, 3.05) is 5.32 Å². The highest BCUT2D eigenvalue weighted by Gasteiger charge is 2.04. The van der Waals surface area contributed by atoms with Crippen LogP contribution in [0.15, 0.2) is 34.3 Å². The number of carbonyl (C=O) groups excluding carboxylic acids is 1. The molecule has 1 rings (SSSR count). The molecule has 0 fully saturated rings. The molecule has 1 aromatic carbocycles. The van der Waals surface area contributed by atoms with E-state index in [2.05, 4.69) is 21.2 Å². The minimum atomic E-state index is -0.384. The second kappa shape index (κ2) is 5.07. The van der Waals surface area contributed by atoms with Gasteiger partial charge in [0.2, 0.25) is 5.91 Å². The number of carbonyl (C=O) groups is 1. The first-order valence-corrected chi connectivity index (χ1v) is 5.19. The van der Waals surface area contributed by atoms with E-state index in [4.69, 9.17) is 0 Å². The number of nitrogens with one attached hydrogen (secondary N) is 1. The quantitative estimate of drug-likeness (QED) is 0.820. The zero-order chi connectivity index (χ0) is 11.4. The monoisotopic (exact) mass is 271 g/mol. The lowest BCUT2D eigenvalue weighted by Gasteiger charge is -2.05. The van der Waals surface area contributed by atoms with Crippen molar-refractivity contribution in [3.05, 3.63) is 40.1 Å². The van der Waals surface area contributed by atoms with Gasteiger partial charge in [-0.25, -0.2) is 4.39 Å². The minimum Gasteiger partial charge on any atom is -0.321 e. The molecule has 0 atom stereocenters. The molecule has 0 aromatic heterocycles. The largest absolute Gasteiger partial charge is 0.321 e. The van der Waals surface area contributed by atoms with Crippen LogP contribution in [-0.2, 0) is 4.79 Å². The van der Waals surface area contributed by atoms with Crippen LogP contribution < -0.4 is 5.32 Å². The Morgan fingerprint density at radius 2 is 2.13 bits per heavy atom. The summed E-state index contributed by atoms with van der Waals surface area (Å²) in [6.07, 6.45) is 1.46. The lowest BCUT2D eigenvalue weighted by atomic mass is 10.3. The summed E-state index contributed by atoms with van der Waals surface area (Å²) < 4.78 is 13.5. The fourth-order valence-electron chi connectivity index (χ4n) is 1.02. The Hall–Kier alpha value is -1.16. The second-order valence-electron chi connectivity index (χ2n) is 3.34. The Labute approximate surface area is 96.3 Å². The molecule has 1 amide bonds. The molecule has 0 radical (unpaired) electrons. The van der Waals surface area contributed by atoms with E-state index in [0.29, 0.717) is 10.2 Å². The number of halogens is 2. The van der Waals surface area contributed by atoms with Crippen molar-refractivity contribution in [2.24, 2.45) is 0 Å². The summed E-state index contributed by atoms with van der Waals surface area (Å²) in [6, 6.07) is 4.13. The molecule has 0 saturated heterocycles. The molecule has 0 aliphatic heterocycles. The van der Waals surface area contributed by atoms with Gasteiger partial charge in [0.15, 0.2) is 0 Å². The maximum atomic E-state index is 12.9. The van der Waals surface area contributed by atoms with Crippen molar-refractivity contribution < 1.29 is 9.18 Å². The molecule has 0 bridgehead atoms. The molecule has 15 heavy (non-hydrogen) atoms. The molecule has 80 valence electrons. The summed E-state index contributed by atoms with van der Waals surface area (Å²) in [5, 5.41) is 2.58. The zero-order valence-electron chi connectivity index (χ0n) is 8.47. The fraction of sp³-hybridized carbons (Fsp3) is 0.182. The van der Waals surface area contributed by atoms with Crippen molar-refractivity contribution in [1.82, 2.24) is 0 Å². The number of benzene rings is 1. The Morgan fingerprint density at radius 3 is 2.73 bits per heavy atom. The van der Waals surface area contributed by atoms with Gasteiger partial charge in [0.1, 0.15) is 5.82 Å². The zero-order valence-corrected chi connectivity index (χ0v) is 10.1. The third-order valence-corrected chi connectivity index (χ3v) is 2.30. The summed E-state index contributed by atoms with van der Waals surface area (Å²) in [5.41, 5.74) is 1.32. The predicted molar refractivity (Wildman–Crippen MR) is 62.2 cm³/mol. The normalized spacial score (nSPS) is 9.60. The molecule has 2 nitrogen and oxygen atoms in total. The van der Waals surface area contributed by atoms with Gasteiger partial charge >= 0.3 is 0 Å². The van der Waals surface area contributed by atoms with Crippen LogP contribution in [0.5, 0.6) is 0 Å². The van der Waals surface area contributed by atoms with Crippen LogP contribution >= 0.6 is 15.9 Å². The Kier molecular flexibility index (Phi) is 4.03. The van der Waals surface area contributed by atoms with E-state index in [1.54, 1.807) is 6.07 Å². The van der Waals surface area contributed by atoms with Crippen LogP contribution in [0.2, 0.25) is 0 Å². The van der Waals surface area contributed by atoms with Crippen LogP contribution in [0.3, 0.4) is 0 Å². The number of amides is 1. The maximum Gasteiger partial charge on any atom is 0.248 e. The molecule has 0 aliphatic carbocycles. The summed E-state index contributed by atoms with van der Waals surface area (Å²) in [6.45, 7) is 3.64. The summed E-state index contributed by atoms with van der Waals surface area (Å²) in [7, 11) is 0. The number of hydrogen-bond acceptors (Lipinski definition) is 1. The third kappa shape index (κ3) is 3.83. The third-order valence-electron chi connectivity index (χ3n) is 1.61. The summed E-state index contributed by atoms with van der Waals surface area (Å²) in [4.78, 5) is 11.4. The molecular weight excluding hydrogens is 261 g/mol. The summed E-state index contributed by atoms with van der Waals surface area (Å²) in [5.74, 6) is -0.646. The first kappa shape index (κ1) is 11.9. The topological polar surface area (TPSA) is 29.1 Å². The molecule has 0 unspecified atom stereocenters. The number of allylic oxidation sites excluding steroid dienone is 1. The van der Waals surface area contributed by atoms with Gasteiger partial charge in [0.05, 0.1) is 5.69 Å². The fourth-order valence-corrected chi connectivity index (χ4v) is 1.37. The average Bonchev–Trinajstić information content (AvgIpc) is 2.10. The first-order valence-electron chi connectivity index (χ1n) is 4.40. The van der Waals surface area contributed by atoms with Crippen LogP contribution in [0.25, 0.3) is 0 Å². The Morgan fingerprint density at radius 1 is 1.47 bits per heavy atom. The Balaban J connectivity index is 2.85. The van der Waals surface area contributed by atoms with Crippen molar-refractivity contribution in [1.29, 1.82) is 0 Å². The maximum absolute atomic E-state index is 12.9. The van der Waals surface area contributed by atoms with E-state index in [1.807, 2.05) is 13.8 Å². The summed E-state index contributed by atoms with van der Waals surface area (Å²) >= 11 is 3.22. The lowest BCUT2D eigenvalue weighted by molar-refractivity contribution is -0.111. The highest BCUT2D eigenvalue weighted by Crippen LogP contribution is 2.22. The van der Waals surface area contributed by atoms with Gasteiger partial charge in [0.25, 0.3) is 0 Å². The number of anilines is 1. The van der Waals surface area contributed by atoms with Gasteiger partial charge in [-0.15, -0.1) is 0 Å². The Bertz CT molecular complexity index is 411. The van der Waals surface area contributed by atoms with Crippen LogP contribution in [0.1, 0.15) is 13.8 Å². The van der Waals surface area contributed by atoms with Gasteiger partial charge in [-0.2, -0.15) is 0 Å². The van der Waals surface area contributed by atoms with Gasteiger partial charge in [-0.1, -0.05) is 5.57 Å². The molecule has 0 heterocycles. The SMILES string of the molecule is CC(C)=CC(=O)Nc1cc(F)ccc1Br. The molecule has 0 aliphatic rings. The van der Waals surface area contributed by atoms with Gasteiger partial charge in [-0.3, -0.25) is 4.79 Å². The van der Waals surface area contributed by atoms with E-state index < -0.39 is 0 Å². The number of rotatable bonds is 2. The van der Waals surface area contributed by atoms with Crippen molar-refractivity contribution in [3.8, 4) is 0 Å².